The molecule has 110 valence electrons. The Bertz CT molecular complexity index is 154. The van der Waals surface area contributed by atoms with E-state index in [0.29, 0.717) is 0 Å². The van der Waals surface area contributed by atoms with E-state index in [1.54, 1.807) is 0 Å². The van der Waals surface area contributed by atoms with Crippen molar-refractivity contribution in [3.8, 4) is 0 Å². The molecular formula is C17H37N. The summed E-state index contributed by atoms with van der Waals surface area (Å²) in [4.78, 5) is 2.33. The van der Waals surface area contributed by atoms with Gasteiger partial charge >= 0.3 is 0 Å². The Kier molecular flexibility index (Phi) is 13.4. The molecule has 0 aliphatic heterocycles. The molecule has 0 amide bonds. The van der Waals surface area contributed by atoms with E-state index in [1.165, 1.54) is 77.0 Å². The Balaban J connectivity index is 3.03. The second kappa shape index (κ2) is 13.4. The second-order valence-electron chi connectivity index (χ2n) is 6.14. The Hall–Kier alpha value is -0.0400. The van der Waals surface area contributed by atoms with E-state index in [1.807, 2.05) is 0 Å². The molecular weight excluding hydrogens is 218 g/mol. The van der Waals surface area contributed by atoms with Crippen molar-refractivity contribution < 1.29 is 0 Å². The van der Waals surface area contributed by atoms with Crippen LogP contribution in [0.4, 0.5) is 0 Å². The van der Waals surface area contributed by atoms with E-state index >= 15 is 0 Å². The van der Waals surface area contributed by atoms with Crippen LogP contribution >= 0.6 is 0 Å². The molecule has 0 spiro atoms. The normalized spacial score (nSPS) is 13.2. The van der Waals surface area contributed by atoms with Gasteiger partial charge in [-0.15, -0.1) is 0 Å². The van der Waals surface area contributed by atoms with Crippen LogP contribution in [0.15, 0.2) is 0 Å². The zero-order valence-electron chi connectivity index (χ0n) is 13.5. The van der Waals surface area contributed by atoms with Gasteiger partial charge in [-0.2, -0.15) is 0 Å². The maximum absolute atomic E-state index is 2.33. The largest absolute Gasteiger partial charge is 0.307 e. The number of unbranched alkanes of at least 4 members (excludes halogenated alkanes) is 10. The summed E-state index contributed by atoms with van der Waals surface area (Å²) in [6.45, 7) is 4.62. The Morgan fingerprint density at radius 1 is 0.667 bits per heavy atom. The molecule has 0 aromatic carbocycles. The highest BCUT2D eigenvalue weighted by Gasteiger charge is 2.02. The van der Waals surface area contributed by atoms with Gasteiger partial charge in [0, 0.05) is 6.04 Å². The molecule has 1 unspecified atom stereocenters. The van der Waals surface area contributed by atoms with E-state index in [4.69, 9.17) is 0 Å². The van der Waals surface area contributed by atoms with Crippen molar-refractivity contribution in [1.82, 2.24) is 4.90 Å². The third kappa shape index (κ3) is 12.4. The highest BCUT2D eigenvalue weighted by atomic mass is 15.1. The van der Waals surface area contributed by atoms with Gasteiger partial charge in [0.15, 0.2) is 0 Å². The smallest absolute Gasteiger partial charge is 0.00608 e. The fourth-order valence-corrected chi connectivity index (χ4v) is 2.36. The monoisotopic (exact) mass is 255 g/mol. The van der Waals surface area contributed by atoms with Crippen LogP contribution in [-0.2, 0) is 0 Å². The molecule has 1 atom stereocenters. The third-order valence-corrected chi connectivity index (χ3v) is 4.11. The first-order chi connectivity index (χ1) is 8.68. The van der Waals surface area contributed by atoms with Crippen molar-refractivity contribution in [3.05, 3.63) is 0 Å². The minimum Gasteiger partial charge on any atom is -0.307 e. The molecule has 0 saturated heterocycles. The lowest BCUT2D eigenvalue weighted by atomic mass is 10.0. The number of hydrogen-bond acceptors (Lipinski definition) is 1. The average Bonchev–Trinajstić information content (AvgIpc) is 2.35. The second-order valence-corrected chi connectivity index (χ2v) is 6.14. The van der Waals surface area contributed by atoms with Crippen LogP contribution in [0, 0.1) is 0 Å². The van der Waals surface area contributed by atoms with Gasteiger partial charge in [-0.05, 0) is 27.4 Å². The van der Waals surface area contributed by atoms with Crippen molar-refractivity contribution in [2.24, 2.45) is 0 Å². The highest BCUT2D eigenvalue weighted by molar-refractivity contribution is 4.59. The highest BCUT2D eigenvalue weighted by Crippen LogP contribution is 2.13. The van der Waals surface area contributed by atoms with Crippen LogP contribution in [0.2, 0.25) is 0 Å². The van der Waals surface area contributed by atoms with Crippen LogP contribution in [0.3, 0.4) is 0 Å². The van der Waals surface area contributed by atoms with E-state index in [-0.39, 0.29) is 0 Å². The Morgan fingerprint density at radius 3 is 1.44 bits per heavy atom. The van der Waals surface area contributed by atoms with E-state index in [0.717, 1.165) is 6.04 Å². The number of hydrogen-bond donors (Lipinski definition) is 0. The molecule has 0 aliphatic rings. The standard InChI is InChI=1S/C17H37N/c1-5-6-7-8-9-10-11-12-13-14-15-16-17(2)18(3)4/h17H,5-16H2,1-4H3. The first-order valence-corrected chi connectivity index (χ1v) is 8.35. The van der Waals surface area contributed by atoms with E-state index in [2.05, 4.69) is 32.8 Å². The summed E-state index contributed by atoms with van der Waals surface area (Å²) in [6.07, 6.45) is 17.3. The first kappa shape index (κ1) is 18.0. The van der Waals surface area contributed by atoms with Gasteiger partial charge in [-0.1, -0.05) is 77.6 Å². The molecule has 0 aromatic heterocycles. The molecule has 0 bridgehead atoms. The summed E-state index contributed by atoms with van der Waals surface area (Å²) in [6, 6.07) is 0.753. The lowest BCUT2D eigenvalue weighted by Crippen LogP contribution is -2.24. The van der Waals surface area contributed by atoms with Gasteiger partial charge in [0.2, 0.25) is 0 Å². The third-order valence-electron chi connectivity index (χ3n) is 4.11. The SMILES string of the molecule is CCCCCCCCCCCCCC(C)N(C)C. The predicted molar refractivity (Wildman–Crippen MR) is 84.2 cm³/mol. The summed E-state index contributed by atoms with van der Waals surface area (Å²) in [7, 11) is 4.37. The maximum atomic E-state index is 2.33. The zero-order chi connectivity index (χ0) is 13.6. The predicted octanol–water partition coefficient (Wildman–Crippen LogP) is 5.64. The minimum absolute atomic E-state index is 0.753. The summed E-state index contributed by atoms with van der Waals surface area (Å²) < 4.78 is 0. The molecule has 0 heterocycles. The summed E-state index contributed by atoms with van der Waals surface area (Å²) >= 11 is 0. The Morgan fingerprint density at radius 2 is 1.06 bits per heavy atom. The summed E-state index contributed by atoms with van der Waals surface area (Å²) in [5.74, 6) is 0. The van der Waals surface area contributed by atoms with Gasteiger partial charge in [-0.25, -0.2) is 0 Å². The molecule has 0 fully saturated rings. The fourth-order valence-electron chi connectivity index (χ4n) is 2.36. The van der Waals surface area contributed by atoms with Crippen molar-refractivity contribution in [2.45, 2.75) is 96.9 Å². The number of nitrogens with zero attached hydrogens (tertiary/aromatic N) is 1. The lowest BCUT2D eigenvalue weighted by Gasteiger charge is -2.19. The fraction of sp³-hybridized carbons (Fsp3) is 1.00. The molecule has 0 rings (SSSR count). The quantitative estimate of drug-likeness (QED) is 0.385. The van der Waals surface area contributed by atoms with Gasteiger partial charge in [0.05, 0.1) is 0 Å². The maximum Gasteiger partial charge on any atom is 0.00608 e. The van der Waals surface area contributed by atoms with Crippen molar-refractivity contribution >= 4 is 0 Å². The van der Waals surface area contributed by atoms with Gasteiger partial charge < -0.3 is 4.90 Å². The zero-order valence-corrected chi connectivity index (χ0v) is 13.5. The minimum atomic E-state index is 0.753. The average molecular weight is 255 g/mol. The van der Waals surface area contributed by atoms with Crippen LogP contribution < -0.4 is 0 Å². The van der Waals surface area contributed by atoms with E-state index < -0.39 is 0 Å². The molecule has 0 aliphatic carbocycles. The first-order valence-electron chi connectivity index (χ1n) is 8.35. The lowest BCUT2D eigenvalue weighted by molar-refractivity contribution is 0.291. The van der Waals surface area contributed by atoms with Crippen molar-refractivity contribution in [1.29, 1.82) is 0 Å². The van der Waals surface area contributed by atoms with Crippen LogP contribution in [-0.4, -0.2) is 25.0 Å². The molecule has 18 heavy (non-hydrogen) atoms. The molecule has 1 heteroatoms. The van der Waals surface area contributed by atoms with E-state index in [9.17, 15) is 0 Å². The molecule has 0 saturated carbocycles. The van der Waals surface area contributed by atoms with Crippen molar-refractivity contribution in [3.63, 3.8) is 0 Å². The Labute approximate surface area is 116 Å². The molecule has 0 N–H and O–H groups in total. The molecule has 0 aromatic rings. The van der Waals surface area contributed by atoms with Crippen LogP contribution in [0.25, 0.3) is 0 Å². The molecule has 0 radical (unpaired) electrons. The van der Waals surface area contributed by atoms with Crippen molar-refractivity contribution in [2.75, 3.05) is 14.1 Å². The molecule has 1 nitrogen and oxygen atoms in total. The topological polar surface area (TPSA) is 3.24 Å². The number of rotatable bonds is 13. The van der Waals surface area contributed by atoms with Crippen LogP contribution in [0.1, 0.15) is 90.9 Å². The summed E-state index contributed by atoms with van der Waals surface area (Å²) in [5.41, 5.74) is 0. The van der Waals surface area contributed by atoms with Crippen LogP contribution in [0.5, 0.6) is 0 Å². The summed E-state index contributed by atoms with van der Waals surface area (Å²) in [5, 5.41) is 0. The van der Waals surface area contributed by atoms with Gasteiger partial charge in [-0.3, -0.25) is 0 Å². The van der Waals surface area contributed by atoms with Gasteiger partial charge in [0.25, 0.3) is 0 Å². The van der Waals surface area contributed by atoms with Gasteiger partial charge in [0.1, 0.15) is 0 Å².